The summed E-state index contributed by atoms with van der Waals surface area (Å²) in [6.07, 6.45) is 7.04. The maximum absolute atomic E-state index is 6.03. The zero-order chi connectivity index (χ0) is 15.2. The van der Waals surface area contributed by atoms with Crippen LogP contribution in [0.4, 0.5) is 0 Å². The van der Waals surface area contributed by atoms with E-state index in [4.69, 9.17) is 11.6 Å². The predicted molar refractivity (Wildman–Crippen MR) is 90.5 cm³/mol. The Kier molecular flexibility index (Phi) is 5.45. The first kappa shape index (κ1) is 15.6. The van der Waals surface area contributed by atoms with E-state index >= 15 is 0 Å². The fourth-order valence-electron chi connectivity index (χ4n) is 2.30. The van der Waals surface area contributed by atoms with Crippen LogP contribution in [0.3, 0.4) is 0 Å². The van der Waals surface area contributed by atoms with Crippen LogP contribution in [0.5, 0.6) is 0 Å². The van der Waals surface area contributed by atoms with Crippen LogP contribution in [0.15, 0.2) is 42.6 Å². The lowest BCUT2D eigenvalue weighted by atomic mass is 10.1. The molecule has 0 aliphatic heterocycles. The molecular formula is C17H22ClN3. The normalized spacial score (nSPS) is 12.9. The number of hydrogen-bond acceptors (Lipinski definition) is 2. The molecule has 0 fully saturated rings. The van der Waals surface area contributed by atoms with Crippen molar-refractivity contribution in [1.29, 1.82) is 0 Å². The molecule has 2 N–H and O–H groups in total. The molecule has 0 aliphatic carbocycles. The van der Waals surface area contributed by atoms with Crippen LogP contribution in [-0.2, 0) is 0 Å². The number of nitrogens with zero attached hydrogens (tertiary/aromatic N) is 1. The number of H-pyrrole nitrogens is 1. The monoisotopic (exact) mass is 303 g/mol. The number of halogens is 1. The number of imidazole rings is 1. The Balaban J connectivity index is 2.20. The number of aromatic nitrogens is 2. The molecule has 1 atom stereocenters. The highest BCUT2D eigenvalue weighted by Crippen LogP contribution is 2.23. The standard InChI is InChI=1S/C17H22ClN3/c1-4-6-8-12(3)19-15(7-5-2)17-20-14-10-9-13(18)11-16(14)21-17/h4,6,9-11,15,19H,3,5,7-8H2,1-2H3,(H,20,21)/b6-4-. The Morgan fingerprint density at radius 1 is 1.52 bits per heavy atom. The Morgan fingerprint density at radius 3 is 3.05 bits per heavy atom. The minimum absolute atomic E-state index is 0.152. The molecule has 2 aromatic rings. The van der Waals surface area contributed by atoms with Gasteiger partial charge in [-0.05, 0) is 31.5 Å². The summed E-state index contributed by atoms with van der Waals surface area (Å²) in [5, 5.41) is 4.19. The third-order valence-corrected chi connectivity index (χ3v) is 3.58. The van der Waals surface area contributed by atoms with Crippen molar-refractivity contribution in [1.82, 2.24) is 15.3 Å². The first-order valence-corrected chi connectivity index (χ1v) is 7.72. The van der Waals surface area contributed by atoms with Crippen molar-refractivity contribution in [3.05, 3.63) is 53.5 Å². The van der Waals surface area contributed by atoms with E-state index in [0.29, 0.717) is 0 Å². The summed E-state index contributed by atoms with van der Waals surface area (Å²) in [5.74, 6) is 0.941. The molecule has 1 unspecified atom stereocenters. The van der Waals surface area contributed by atoms with Gasteiger partial charge in [-0.15, -0.1) is 0 Å². The molecule has 0 amide bonds. The molecule has 0 radical (unpaired) electrons. The summed E-state index contributed by atoms with van der Waals surface area (Å²) >= 11 is 6.03. The van der Waals surface area contributed by atoms with Gasteiger partial charge in [0.25, 0.3) is 0 Å². The summed E-state index contributed by atoms with van der Waals surface area (Å²) in [6, 6.07) is 5.86. The number of fused-ring (bicyclic) bond motifs is 1. The minimum Gasteiger partial charge on any atom is -0.379 e. The predicted octanol–water partition coefficient (Wildman–Crippen LogP) is 5.13. The van der Waals surface area contributed by atoms with Crippen LogP contribution in [-0.4, -0.2) is 9.97 Å². The molecular weight excluding hydrogens is 282 g/mol. The van der Waals surface area contributed by atoms with Gasteiger partial charge in [-0.3, -0.25) is 0 Å². The Bertz CT molecular complexity index is 643. The van der Waals surface area contributed by atoms with Gasteiger partial charge < -0.3 is 10.3 Å². The zero-order valence-electron chi connectivity index (χ0n) is 12.6. The Hall–Kier alpha value is -1.74. The van der Waals surface area contributed by atoms with Crippen molar-refractivity contribution >= 4 is 22.6 Å². The molecule has 1 heterocycles. The largest absolute Gasteiger partial charge is 0.379 e. The van der Waals surface area contributed by atoms with Gasteiger partial charge in [0.05, 0.1) is 17.1 Å². The van der Waals surface area contributed by atoms with E-state index in [-0.39, 0.29) is 6.04 Å². The Morgan fingerprint density at radius 2 is 2.33 bits per heavy atom. The van der Waals surface area contributed by atoms with Crippen LogP contribution >= 0.6 is 11.6 Å². The lowest BCUT2D eigenvalue weighted by Crippen LogP contribution is -2.21. The first-order chi connectivity index (χ1) is 10.1. The maximum atomic E-state index is 6.03. The quantitative estimate of drug-likeness (QED) is 0.696. The lowest BCUT2D eigenvalue weighted by Gasteiger charge is -2.18. The fraction of sp³-hybridized carbons (Fsp3) is 0.353. The SMILES string of the molecule is C=C(C/C=C\C)NC(CCC)c1nc2ccc(Cl)cc2[nH]1. The second kappa shape index (κ2) is 7.32. The first-order valence-electron chi connectivity index (χ1n) is 7.34. The van der Waals surface area contributed by atoms with E-state index in [1.165, 1.54) is 0 Å². The van der Waals surface area contributed by atoms with Gasteiger partial charge in [0.1, 0.15) is 5.82 Å². The zero-order valence-corrected chi connectivity index (χ0v) is 13.4. The number of rotatable bonds is 7. The molecule has 0 saturated heterocycles. The topological polar surface area (TPSA) is 40.7 Å². The molecule has 0 aliphatic rings. The number of hydrogen-bond donors (Lipinski definition) is 2. The van der Waals surface area contributed by atoms with Crippen LogP contribution in [0.25, 0.3) is 11.0 Å². The second-order valence-corrected chi connectivity index (χ2v) is 5.58. The molecule has 112 valence electrons. The van der Waals surface area contributed by atoms with Gasteiger partial charge >= 0.3 is 0 Å². The summed E-state index contributed by atoms with van der Waals surface area (Å²) < 4.78 is 0. The van der Waals surface area contributed by atoms with E-state index in [1.54, 1.807) is 0 Å². The highest BCUT2D eigenvalue weighted by molar-refractivity contribution is 6.31. The van der Waals surface area contributed by atoms with Crippen molar-refractivity contribution in [2.24, 2.45) is 0 Å². The van der Waals surface area contributed by atoms with Gasteiger partial charge in [-0.1, -0.05) is 43.7 Å². The maximum Gasteiger partial charge on any atom is 0.129 e. The minimum atomic E-state index is 0.152. The third kappa shape index (κ3) is 4.11. The molecule has 2 rings (SSSR count). The summed E-state index contributed by atoms with van der Waals surface area (Å²) in [4.78, 5) is 8.04. The van der Waals surface area contributed by atoms with Gasteiger partial charge in [0, 0.05) is 17.1 Å². The average molecular weight is 304 g/mol. The van der Waals surface area contributed by atoms with Crippen LogP contribution in [0.2, 0.25) is 5.02 Å². The van der Waals surface area contributed by atoms with E-state index in [9.17, 15) is 0 Å². The van der Waals surface area contributed by atoms with Crippen LogP contribution in [0.1, 0.15) is 45.0 Å². The summed E-state index contributed by atoms with van der Waals surface area (Å²) in [7, 11) is 0. The highest BCUT2D eigenvalue weighted by Gasteiger charge is 2.15. The van der Waals surface area contributed by atoms with Crippen molar-refractivity contribution in [3.63, 3.8) is 0 Å². The number of benzene rings is 1. The fourth-order valence-corrected chi connectivity index (χ4v) is 2.47. The molecule has 0 saturated carbocycles. The van der Waals surface area contributed by atoms with Gasteiger partial charge in [-0.25, -0.2) is 4.98 Å². The third-order valence-electron chi connectivity index (χ3n) is 3.35. The van der Waals surface area contributed by atoms with Gasteiger partial charge in [0.15, 0.2) is 0 Å². The lowest BCUT2D eigenvalue weighted by molar-refractivity contribution is 0.518. The van der Waals surface area contributed by atoms with Crippen molar-refractivity contribution < 1.29 is 0 Å². The average Bonchev–Trinajstić information content (AvgIpc) is 2.87. The molecule has 4 heteroatoms. The van der Waals surface area contributed by atoms with E-state index in [2.05, 4.69) is 34.9 Å². The molecule has 0 bridgehead atoms. The molecule has 0 spiro atoms. The number of nitrogens with one attached hydrogen (secondary N) is 2. The van der Waals surface area contributed by atoms with E-state index in [1.807, 2.05) is 31.2 Å². The Labute approximate surface area is 131 Å². The molecule has 21 heavy (non-hydrogen) atoms. The molecule has 1 aromatic carbocycles. The van der Waals surface area contributed by atoms with Crippen LogP contribution in [0, 0.1) is 0 Å². The van der Waals surface area contributed by atoms with Crippen LogP contribution < -0.4 is 5.32 Å². The van der Waals surface area contributed by atoms with Crippen molar-refractivity contribution in [2.45, 2.75) is 39.2 Å². The smallest absolute Gasteiger partial charge is 0.129 e. The van der Waals surface area contributed by atoms with E-state index < -0.39 is 0 Å². The number of allylic oxidation sites excluding steroid dienone is 2. The van der Waals surface area contributed by atoms with Crippen molar-refractivity contribution in [3.8, 4) is 0 Å². The van der Waals surface area contributed by atoms with Gasteiger partial charge in [0.2, 0.25) is 0 Å². The second-order valence-electron chi connectivity index (χ2n) is 5.15. The number of aromatic amines is 1. The van der Waals surface area contributed by atoms with E-state index in [0.717, 1.165) is 46.8 Å². The molecule has 1 aromatic heterocycles. The van der Waals surface area contributed by atoms with Gasteiger partial charge in [-0.2, -0.15) is 0 Å². The highest BCUT2D eigenvalue weighted by atomic mass is 35.5. The molecule has 3 nitrogen and oxygen atoms in total. The van der Waals surface area contributed by atoms with Crippen molar-refractivity contribution in [2.75, 3.05) is 0 Å². The summed E-state index contributed by atoms with van der Waals surface area (Å²) in [6.45, 7) is 8.27. The summed E-state index contributed by atoms with van der Waals surface area (Å²) in [5.41, 5.74) is 2.92.